The fourth-order valence-corrected chi connectivity index (χ4v) is 4.19. The van der Waals surface area contributed by atoms with Crippen LogP contribution in [0.1, 0.15) is 23.1 Å². The summed E-state index contributed by atoms with van der Waals surface area (Å²) in [6.45, 7) is 2.12. The van der Waals surface area contributed by atoms with Gasteiger partial charge in [-0.1, -0.05) is 41.4 Å². The largest absolute Gasteiger partial charge is 0.484 e. The number of ether oxygens (including phenoxy) is 1. The summed E-state index contributed by atoms with van der Waals surface area (Å²) in [6.07, 6.45) is -4.49. The number of anilines is 2. The summed E-state index contributed by atoms with van der Waals surface area (Å²) in [6, 6.07) is 16.8. The van der Waals surface area contributed by atoms with E-state index in [1.807, 2.05) is 31.2 Å². The van der Waals surface area contributed by atoms with E-state index in [0.717, 1.165) is 29.3 Å². The standard InChI is InChI=1S/C28H25ClF3N3O4/c1-17-2-4-18(5-3-17)14-33-27(38)19-12-26(37)35(15-19)21-7-9-22(10-8-21)39-16-25(36)34-24-13-20(28(30,31)32)6-11-23(24)29/h2-11,13,19H,12,14-16H2,1H3,(H,33,38)(H,34,36)/t19-/m1/s1. The van der Waals surface area contributed by atoms with E-state index in [2.05, 4.69) is 10.6 Å². The summed E-state index contributed by atoms with van der Waals surface area (Å²) in [5.41, 5.74) is 1.54. The maximum Gasteiger partial charge on any atom is 0.416 e. The van der Waals surface area contributed by atoms with Crippen molar-refractivity contribution in [1.29, 1.82) is 0 Å². The molecule has 1 atom stereocenters. The highest BCUT2D eigenvalue weighted by Crippen LogP contribution is 2.34. The fourth-order valence-electron chi connectivity index (χ4n) is 4.03. The lowest BCUT2D eigenvalue weighted by atomic mass is 10.1. The van der Waals surface area contributed by atoms with Crippen molar-refractivity contribution in [2.45, 2.75) is 26.1 Å². The number of amides is 3. The van der Waals surface area contributed by atoms with E-state index >= 15 is 0 Å². The molecule has 0 aromatic heterocycles. The molecule has 11 heteroatoms. The molecule has 0 bridgehead atoms. The van der Waals surface area contributed by atoms with Gasteiger partial charge < -0.3 is 20.3 Å². The third-order valence-electron chi connectivity index (χ3n) is 6.17. The molecule has 0 unspecified atom stereocenters. The van der Waals surface area contributed by atoms with E-state index in [0.29, 0.717) is 18.0 Å². The van der Waals surface area contributed by atoms with E-state index < -0.39 is 30.2 Å². The molecule has 1 heterocycles. The monoisotopic (exact) mass is 559 g/mol. The predicted octanol–water partition coefficient (Wildman–Crippen LogP) is 5.35. The molecule has 0 saturated carbocycles. The Morgan fingerprint density at radius 1 is 1.05 bits per heavy atom. The number of aryl methyl sites for hydroxylation is 1. The highest BCUT2D eigenvalue weighted by molar-refractivity contribution is 6.33. The minimum Gasteiger partial charge on any atom is -0.484 e. The van der Waals surface area contributed by atoms with Crippen LogP contribution in [-0.2, 0) is 27.1 Å². The van der Waals surface area contributed by atoms with Crippen molar-refractivity contribution >= 4 is 40.7 Å². The molecule has 3 aromatic rings. The van der Waals surface area contributed by atoms with Gasteiger partial charge in [0.2, 0.25) is 11.8 Å². The molecular formula is C28H25ClF3N3O4. The van der Waals surface area contributed by atoms with E-state index in [-0.39, 0.29) is 35.5 Å². The summed E-state index contributed by atoms with van der Waals surface area (Å²) >= 11 is 5.90. The smallest absolute Gasteiger partial charge is 0.416 e. The van der Waals surface area contributed by atoms with Gasteiger partial charge >= 0.3 is 6.18 Å². The van der Waals surface area contributed by atoms with Crippen LogP contribution in [0.3, 0.4) is 0 Å². The van der Waals surface area contributed by atoms with Gasteiger partial charge in [-0.15, -0.1) is 0 Å². The zero-order valence-corrected chi connectivity index (χ0v) is 21.6. The first-order chi connectivity index (χ1) is 18.5. The minimum atomic E-state index is -4.58. The third kappa shape index (κ3) is 7.29. The second-order valence-electron chi connectivity index (χ2n) is 9.13. The van der Waals surface area contributed by atoms with Gasteiger partial charge in [0.15, 0.2) is 6.61 Å². The van der Waals surface area contributed by atoms with Crippen molar-refractivity contribution in [3.8, 4) is 5.75 Å². The normalized spacial score (nSPS) is 15.3. The molecule has 3 aromatic carbocycles. The number of alkyl halides is 3. The molecule has 2 N–H and O–H groups in total. The average Bonchev–Trinajstić information content (AvgIpc) is 3.29. The Balaban J connectivity index is 1.28. The Kier molecular flexibility index (Phi) is 8.44. The van der Waals surface area contributed by atoms with Gasteiger partial charge in [-0.05, 0) is 55.0 Å². The lowest BCUT2D eigenvalue weighted by molar-refractivity contribution is -0.137. The molecule has 3 amide bonds. The molecule has 1 aliphatic heterocycles. The maximum atomic E-state index is 12.9. The molecule has 4 rings (SSSR count). The van der Waals surface area contributed by atoms with Crippen molar-refractivity contribution in [3.05, 3.63) is 88.4 Å². The Morgan fingerprint density at radius 2 is 1.74 bits per heavy atom. The Hall–Kier alpha value is -4.05. The van der Waals surface area contributed by atoms with E-state index in [4.69, 9.17) is 16.3 Å². The van der Waals surface area contributed by atoms with Crippen LogP contribution in [0, 0.1) is 12.8 Å². The average molecular weight is 560 g/mol. The van der Waals surface area contributed by atoms with Gasteiger partial charge in [0.05, 0.1) is 22.2 Å². The molecule has 0 radical (unpaired) electrons. The molecule has 1 aliphatic rings. The van der Waals surface area contributed by atoms with Crippen molar-refractivity contribution in [3.63, 3.8) is 0 Å². The number of benzene rings is 3. The number of hydrogen-bond donors (Lipinski definition) is 2. The Morgan fingerprint density at radius 3 is 2.41 bits per heavy atom. The van der Waals surface area contributed by atoms with Crippen molar-refractivity contribution < 1.29 is 32.3 Å². The van der Waals surface area contributed by atoms with Crippen LogP contribution in [0.25, 0.3) is 0 Å². The first-order valence-electron chi connectivity index (χ1n) is 12.0. The summed E-state index contributed by atoms with van der Waals surface area (Å²) in [4.78, 5) is 38.9. The van der Waals surface area contributed by atoms with Gasteiger partial charge in [-0.2, -0.15) is 13.2 Å². The predicted molar refractivity (Wildman–Crippen MR) is 141 cm³/mol. The summed E-state index contributed by atoms with van der Waals surface area (Å²) < 4.78 is 44.2. The number of carbonyl (C=O) groups is 3. The van der Waals surface area contributed by atoms with Crippen LogP contribution in [0.4, 0.5) is 24.5 Å². The molecule has 7 nitrogen and oxygen atoms in total. The summed E-state index contributed by atoms with van der Waals surface area (Å²) in [7, 11) is 0. The quantitative estimate of drug-likeness (QED) is 0.389. The first-order valence-corrected chi connectivity index (χ1v) is 12.4. The molecular weight excluding hydrogens is 535 g/mol. The summed E-state index contributed by atoms with van der Waals surface area (Å²) in [5.74, 6) is -1.25. The number of rotatable bonds is 8. The van der Waals surface area contributed by atoms with Gasteiger partial charge in [0.1, 0.15) is 5.75 Å². The first kappa shape index (κ1) is 28.0. The topological polar surface area (TPSA) is 87.7 Å². The van der Waals surface area contributed by atoms with Crippen molar-refractivity contribution in [2.24, 2.45) is 5.92 Å². The molecule has 1 fully saturated rings. The van der Waals surface area contributed by atoms with E-state index in [9.17, 15) is 27.6 Å². The maximum absolute atomic E-state index is 12.9. The zero-order chi connectivity index (χ0) is 28.2. The van der Waals surface area contributed by atoms with Crippen LogP contribution in [-0.4, -0.2) is 30.9 Å². The molecule has 39 heavy (non-hydrogen) atoms. The highest BCUT2D eigenvalue weighted by atomic mass is 35.5. The molecule has 0 aliphatic carbocycles. The van der Waals surface area contributed by atoms with Crippen molar-refractivity contribution in [1.82, 2.24) is 5.32 Å². The van der Waals surface area contributed by atoms with Crippen LogP contribution < -0.4 is 20.3 Å². The number of nitrogens with one attached hydrogen (secondary N) is 2. The van der Waals surface area contributed by atoms with E-state index in [1.165, 1.54) is 4.90 Å². The Bertz CT molecular complexity index is 1360. The molecule has 1 saturated heterocycles. The van der Waals surface area contributed by atoms with Gasteiger partial charge in [0, 0.05) is 25.2 Å². The second-order valence-corrected chi connectivity index (χ2v) is 9.54. The Labute approximate surface area is 227 Å². The number of halogens is 4. The lowest BCUT2D eigenvalue weighted by Crippen LogP contribution is -2.32. The summed E-state index contributed by atoms with van der Waals surface area (Å²) in [5, 5.41) is 5.14. The van der Waals surface area contributed by atoms with Crippen molar-refractivity contribution in [2.75, 3.05) is 23.4 Å². The fraction of sp³-hybridized carbons (Fsp3) is 0.250. The van der Waals surface area contributed by atoms with Gasteiger partial charge in [0.25, 0.3) is 5.91 Å². The van der Waals surface area contributed by atoms with Gasteiger partial charge in [-0.3, -0.25) is 14.4 Å². The van der Waals surface area contributed by atoms with E-state index in [1.54, 1.807) is 24.3 Å². The number of nitrogens with zero attached hydrogens (tertiary/aromatic N) is 1. The minimum absolute atomic E-state index is 0.0434. The number of carbonyl (C=O) groups excluding carboxylic acids is 3. The second kappa shape index (κ2) is 11.8. The molecule has 204 valence electrons. The van der Waals surface area contributed by atoms with Gasteiger partial charge in [-0.25, -0.2) is 0 Å². The lowest BCUT2D eigenvalue weighted by Gasteiger charge is -2.17. The SMILES string of the molecule is Cc1ccc(CNC(=O)[C@@H]2CC(=O)N(c3ccc(OCC(=O)Nc4cc(C(F)(F)F)ccc4Cl)cc3)C2)cc1. The van der Waals surface area contributed by atoms with Crippen LogP contribution in [0.15, 0.2) is 66.7 Å². The highest BCUT2D eigenvalue weighted by Gasteiger charge is 2.35. The zero-order valence-electron chi connectivity index (χ0n) is 20.8. The third-order valence-corrected chi connectivity index (χ3v) is 6.50. The van der Waals surface area contributed by atoms with Crippen LogP contribution in [0.5, 0.6) is 5.75 Å². The van der Waals surface area contributed by atoms with Crippen LogP contribution in [0.2, 0.25) is 5.02 Å². The number of hydrogen-bond acceptors (Lipinski definition) is 4. The van der Waals surface area contributed by atoms with Crippen LogP contribution >= 0.6 is 11.6 Å². The molecule has 0 spiro atoms.